The number of carbonyl (C=O) groups excluding carboxylic acids is 1. The summed E-state index contributed by atoms with van der Waals surface area (Å²) in [6.07, 6.45) is 3.88. The van der Waals surface area contributed by atoms with Crippen molar-refractivity contribution in [1.29, 1.82) is 0 Å². The predicted octanol–water partition coefficient (Wildman–Crippen LogP) is 4.49. The highest BCUT2D eigenvalue weighted by Gasteiger charge is 2.23. The summed E-state index contributed by atoms with van der Waals surface area (Å²) in [7, 11) is 3.97. The van der Waals surface area contributed by atoms with Crippen molar-refractivity contribution < 1.29 is 18.7 Å². The van der Waals surface area contributed by atoms with E-state index in [9.17, 15) is 9.18 Å². The van der Waals surface area contributed by atoms with Crippen molar-refractivity contribution >= 4 is 34.4 Å². The average Bonchev–Trinajstić information content (AvgIpc) is 2.87. The third kappa shape index (κ3) is 5.43. The second-order valence-electron chi connectivity index (χ2n) is 9.53. The molecule has 3 aromatic rings. The van der Waals surface area contributed by atoms with Gasteiger partial charge < -0.3 is 30.3 Å². The van der Waals surface area contributed by atoms with Crippen molar-refractivity contribution in [3.63, 3.8) is 0 Å². The fourth-order valence-corrected chi connectivity index (χ4v) is 4.84. The average molecular weight is 495 g/mol. The molecule has 0 unspecified atom stereocenters. The molecule has 0 atom stereocenters. The number of urea groups is 1. The molecule has 10 heteroatoms. The van der Waals surface area contributed by atoms with E-state index in [2.05, 4.69) is 16.0 Å². The van der Waals surface area contributed by atoms with Crippen molar-refractivity contribution in [2.75, 3.05) is 43.0 Å². The van der Waals surface area contributed by atoms with E-state index >= 15 is 0 Å². The zero-order valence-corrected chi connectivity index (χ0v) is 20.5. The Labute approximate surface area is 209 Å². The Hall–Kier alpha value is -3.66. The van der Waals surface area contributed by atoms with E-state index in [1.165, 1.54) is 12.1 Å². The van der Waals surface area contributed by atoms with Gasteiger partial charge in [-0.3, -0.25) is 0 Å². The highest BCUT2D eigenvalue weighted by molar-refractivity contribution is 5.91. The fourth-order valence-electron chi connectivity index (χ4n) is 4.84. The lowest BCUT2D eigenvalue weighted by Gasteiger charge is -2.29. The molecule has 0 spiro atoms. The predicted molar refractivity (Wildman–Crippen MR) is 137 cm³/mol. The van der Waals surface area contributed by atoms with Gasteiger partial charge in [-0.1, -0.05) is 12.1 Å². The molecule has 2 aromatic carbocycles. The number of nitrogens with one attached hydrogen (secondary N) is 3. The quantitative estimate of drug-likeness (QED) is 0.464. The third-order valence-corrected chi connectivity index (χ3v) is 6.66. The minimum Gasteiger partial charge on any atom is -0.465 e. The Bertz CT molecular complexity index is 1250. The van der Waals surface area contributed by atoms with Crippen LogP contribution in [0.25, 0.3) is 10.9 Å². The second-order valence-corrected chi connectivity index (χ2v) is 9.53. The number of ether oxygens (including phenoxy) is 2. The first-order valence-electron chi connectivity index (χ1n) is 12.2. The number of carbonyl (C=O) groups is 1. The number of anilines is 3. The molecule has 0 bridgehead atoms. The Morgan fingerprint density at radius 3 is 2.75 bits per heavy atom. The number of hydrogen-bond acceptors (Lipinski definition) is 7. The first-order chi connectivity index (χ1) is 17.5. The summed E-state index contributed by atoms with van der Waals surface area (Å²) in [5.41, 5.74) is 1.81. The Balaban J connectivity index is 1.12. The van der Waals surface area contributed by atoms with Crippen molar-refractivity contribution in [3.8, 4) is 5.75 Å². The van der Waals surface area contributed by atoms with Crippen molar-refractivity contribution in [2.24, 2.45) is 5.92 Å². The van der Waals surface area contributed by atoms with Crippen LogP contribution in [0.4, 0.5) is 26.6 Å². The van der Waals surface area contributed by atoms with Crippen molar-refractivity contribution in [1.82, 2.24) is 15.3 Å². The Morgan fingerprint density at radius 1 is 1.14 bits per heavy atom. The smallest absolute Gasteiger partial charge is 0.319 e. The summed E-state index contributed by atoms with van der Waals surface area (Å²) in [5, 5.41) is 10.2. The van der Waals surface area contributed by atoms with Crippen LogP contribution in [0.15, 0.2) is 36.4 Å². The molecule has 2 amide bonds. The van der Waals surface area contributed by atoms with Gasteiger partial charge in [-0.25, -0.2) is 14.2 Å². The molecule has 3 N–H and O–H groups in total. The number of fused-ring (bicyclic) bond motifs is 2. The molecule has 1 fully saturated rings. The molecule has 0 radical (unpaired) electrons. The monoisotopic (exact) mass is 494 g/mol. The molecule has 2 heterocycles. The number of para-hydroxylation sites is 1. The van der Waals surface area contributed by atoms with Gasteiger partial charge in [-0.15, -0.1) is 0 Å². The van der Waals surface area contributed by atoms with E-state index in [1.807, 2.05) is 43.3 Å². The first-order valence-corrected chi connectivity index (χ1v) is 12.2. The van der Waals surface area contributed by atoms with Crippen LogP contribution in [-0.2, 0) is 11.3 Å². The number of aromatic nitrogens is 2. The summed E-state index contributed by atoms with van der Waals surface area (Å²) < 4.78 is 24.6. The van der Waals surface area contributed by atoms with Gasteiger partial charge in [0.15, 0.2) is 12.5 Å². The molecule has 36 heavy (non-hydrogen) atoms. The Kier molecular flexibility index (Phi) is 7.04. The Morgan fingerprint density at radius 2 is 1.94 bits per heavy atom. The number of hydrogen-bond donors (Lipinski definition) is 3. The maximum atomic E-state index is 13.9. The van der Waals surface area contributed by atoms with Gasteiger partial charge in [0.25, 0.3) is 0 Å². The number of amides is 2. The van der Waals surface area contributed by atoms with E-state index in [0.717, 1.165) is 42.4 Å². The van der Waals surface area contributed by atoms with E-state index in [0.29, 0.717) is 35.4 Å². The lowest BCUT2D eigenvalue weighted by molar-refractivity contribution is -0.0160. The van der Waals surface area contributed by atoms with Gasteiger partial charge in [0.2, 0.25) is 5.95 Å². The number of nitrogens with zero attached hydrogens (tertiary/aromatic N) is 3. The SMILES string of the molecule is CN(C)c1nc(NC2CCC(CNC(=O)Nc3cc(F)cc4c3OCOC4)CC2)nc2ccccc12. The largest absolute Gasteiger partial charge is 0.465 e. The molecule has 1 aliphatic carbocycles. The molecule has 5 rings (SSSR count). The van der Waals surface area contributed by atoms with Crippen LogP contribution in [0.3, 0.4) is 0 Å². The lowest BCUT2D eigenvalue weighted by atomic mass is 9.86. The van der Waals surface area contributed by atoms with Crippen LogP contribution in [-0.4, -0.2) is 49.5 Å². The minimum atomic E-state index is -0.447. The summed E-state index contributed by atoms with van der Waals surface area (Å²) in [6.45, 7) is 0.881. The number of benzene rings is 2. The zero-order valence-electron chi connectivity index (χ0n) is 20.5. The van der Waals surface area contributed by atoms with Gasteiger partial charge in [-0.2, -0.15) is 4.98 Å². The summed E-state index contributed by atoms with van der Waals surface area (Å²) in [5.74, 6) is 1.92. The minimum absolute atomic E-state index is 0.0763. The first kappa shape index (κ1) is 24.1. The third-order valence-electron chi connectivity index (χ3n) is 6.66. The van der Waals surface area contributed by atoms with Crippen LogP contribution in [0.2, 0.25) is 0 Å². The number of halogens is 1. The van der Waals surface area contributed by atoms with E-state index in [1.54, 1.807) is 0 Å². The highest BCUT2D eigenvalue weighted by Crippen LogP contribution is 2.33. The van der Waals surface area contributed by atoms with E-state index < -0.39 is 5.82 Å². The molecule has 0 saturated heterocycles. The highest BCUT2D eigenvalue weighted by atomic mass is 19.1. The molecule has 1 aromatic heterocycles. The molecule has 9 nitrogen and oxygen atoms in total. The van der Waals surface area contributed by atoms with Gasteiger partial charge in [0, 0.05) is 43.7 Å². The van der Waals surface area contributed by atoms with Gasteiger partial charge in [-0.05, 0) is 49.8 Å². The van der Waals surface area contributed by atoms with Crippen molar-refractivity contribution in [2.45, 2.75) is 38.3 Å². The van der Waals surface area contributed by atoms with Crippen LogP contribution >= 0.6 is 0 Å². The van der Waals surface area contributed by atoms with Crippen LogP contribution < -0.4 is 25.6 Å². The molecular formula is C26H31FN6O3. The molecular weight excluding hydrogens is 463 g/mol. The van der Waals surface area contributed by atoms with Crippen LogP contribution in [0.1, 0.15) is 31.2 Å². The zero-order chi connectivity index (χ0) is 25.1. The number of rotatable bonds is 6. The van der Waals surface area contributed by atoms with E-state index in [-0.39, 0.29) is 25.5 Å². The lowest BCUT2D eigenvalue weighted by Crippen LogP contribution is -2.36. The second kappa shape index (κ2) is 10.5. The normalized spacial score (nSPS) is 19.2. The molecule has 2 aliphatic rings. The molecule has 1 aliphatic heterocycles. The van der Waals surface area contributed by atoms with Gasteiger partial charge in [0.1, 0.15) is 11.6 Å². The van der Waals surface area contributed by atoms with Gasteiger partial charge >= 0.3 is 6.03 Å². The van der Waals surface area contributed by atoms with Crippen LogP contribution in [0.5, 0.6) is 5.75 Å². The summed E-state index contributed by atoms with van der Waals surface area (Å²) in [6, 6.07) is 10.5. The standard InChI is InChI=1S/C26H31FN6O3/c1-33(2)24-20-5-3-4-6-21(20)30-25(32-24)29-19-9-7-16(8-10-19)13-28-26(34)31-22-12-18(27)11-17-14-35-15-36-23(17)22/h3-6,11-12,16,19H,7-10,13-15H2,1-2H3,(H2,28,31,34)(H,29,30,32). The summed E-state index contributed by atoms with van der Waals surface area (Å²) in [4.78, 5) is 23.9. The van der Waals surface area contributed by atoms with Crippen LogP contribution in [0, 0.1) is 11.7 Å². The maximum absolute atomic E-state index is 13.9. The molecule has 190 valence electrons. The van der Waals surface area contributed by atoms with Crippen molar-refractivity contribution in [3.05, 3.63) is 47.8 Å². The maximum Gasteiger partial charge on any atom is 0.319 e. The van der Waals surface area contributed by atoms with Gasteiger partial charge in [0.05, 0.1) is 17.8 Å². The van der Waals surface area contributed by atoms with E-state index in [4.69, 9.17) is 19.4 Å². The fraction of sp³-hybridized carbons (Fsp3) is 0.423. The summed E-state index contributed by atoms with van der Waals surface area (Å²) >= 11 is 0. The topological polar surface area (TPSA) is 101 Å². The molecule has 1 saturated carbocycles.